The van der Waals surface area contributed by atoms with Crippen LogP contribution in [0.1, 0.15) is 32.1 Å². The number of hydrogen-bond donors (Lipinski definition) is 1. The van der Waals surface area contributed by atoms with Crippen LogP contribution >= 0.6 is 0 Å². The zero-order valence-electron chi connectivity index (χ0n) is 10.6. The number of piperidine rings is 1. The monoisotopic (exact) mass is 238 g/mol. The summed E-state index contributed by atoms with van der Waals surface area (Å²) in [4.78, 5) is 19.9. The van der Waals surface area contributed by atoms with Gasteiger partial charge in [0.15, 0.2) is 5.96 Å². The second-order valence-corrected chi connectivity index (χ2v) is 4.96. The van der Waals surface area contributed by atoms with Gasteiger partial charge < -0.3 is 15.5 Å². The summed E-state index contributed by atoms with van der Waals surface area (Å²) < 4.78 is 0. The summed E-state index contributed by atoms with van der Waals surface area (Å²) in [7, 11) is 1.95. The van der Waals surface area contributed by atoms with Crippen LogP contribution in [0, 0.1) is 0 Å². The SMILES string of the molecule is CN(C(N)=NCC(=O)N1CCCCC1)C1CC1. The fourth-order valence-electron chi connectivity index (χ4n) is 2.15. The molecule has 0 spiro atoms. The molecule has 0 radical (unpaired) electrons. The highest BCUT2D eigenvalue weighted by Crippen LogP contribution is 2.24. The van der Waals surface area contributed by atoms with E-state index >= 15 is 0 Å². The molecule has 5 nitrogen and oxygen atoms in total. The third-order valence-corrected chi connectivity index (χ3v) is 3.54. The molecular weight excluding hydrogens is 216 g/mol. The normalized spacial score (nSPS) is 21.5. The molecule has 1 aliphatic heterocycles. The van der Waals surface area contributed by atoms with Crippen LogP contribution in [0.5, 0.6) is 0 Å². The summed E-state index contributed by atoms with van der Waals surface area (Å²) in [5.41, 5.74) is 5.84. The molecule has 0 bridgehead atoms. The van der Waals surface area contributed by atoms with Crippen molar-refractivity contribution < 1.29 is 4.79 Å². The Hall–Kier alpha value is -1.26. The number of likely N-dealkylation sites (tertiary alicyclic amines) is 1. The molecule has 1 heterocycles. The van der Waals surface area contributed by atoms with Gasteiger partial charge in [0.2, 0.25) is 5.91 Å². The Labute approximate surface area is 103 Å². The van der Waals surface area contributed by atoms with E-state index < -0.39 is 0 Å². The third-order valence-electron chi connectivity index (χ3n) is 3.54. The number of guanidine groups is 1. The molecule has 1 saturated carbocycles. The van der Waals surface area contributed by atoms with Crippen LogP contribution in [0.2, 0.25) is 0 Å². The van der Waals surface area contributed by atoms with E-state index in [1.165, 1.54) is 19.3 Å². The van der Waals surface area contributed by atoms with E-state index in [4.69, 9.17) is 5.73 Å². The van der Waals surface area contributed by atoms with Crippen molar-refractivity contribution in [1.29, 1.82) is 0 Å². The molecule has 96 valence electrons. The predicted octanol–water partition coefficient (Wildman–Crippen LogP) is 0.408. The smallest absolute Gasteiger partial charge is 0.244 e. The largest absolute Gasteiger partial charge is 0.370 e. The van der Waals surface area contributed by atoms with E-state index in [9.17, 15) is 4.79 Å². The van der Waals surface area contributed by atoms with Gasteiger partial charge in [0.1, 0.15) is 6.54 Å². The van der Waals surface area contributed by atoms with Crippen molar-refractivity contribution in [2.75, 3.05) is 26.7 Å². The third kappa shape index (κ3) is 3.35. The van der Waals surface area contributed by atoms with Gasteiger partial charge in [0, 0.05) is 26.2 Å². The lowest BCUT2D eigenvalue weighted by Crippen LogP contribution is -2.39. The van der Waals surface area contributed by atoms with Gasteiger partial charge >= 0.3 is 0 Å². The fraction of sp³-hybridized carbons (Fsp3) is 0.833. The molecule has 0 aromatic heterocycles. The maximum Gasteiger partial charge on any atom is 0.244 e. The van der Waals surface area contributed by atoms with Crippen LogP contribution in [-0.4, -0.2) is 54.4 Å². The number of nitrogens with two attached hydrogens (primary N) is 1. The zero-order chi connectivity index (χ0) is 12.3. The molecule has 1 aliphatic carbocycles. The van der Waals surface area contributed by atoms with Crippen LogP contribution in [0.15, 0.2) is 4.99 Å². The number of amides is 1. The Morgan fingerprint density at radius 2 is 2.00 bits per heavy atom. The molecule has 0 atom stereocenters. The van der Waals surface area contributed by atoms with Crippen LogP contribution < -0.4 is 5.73 Å². The number of carbonyl (C=O) groups excluding carboxylic acids is 1. The lowest BCUT2D eigenvalue weighted by molar-refractivity contribution is -0.130. The molecular formula is C12H22N4O. The number of carbonyl (C=O) groups is 1. The number of nitrogens with zero attached hydrogens (tertiary/aromatic N) is 3. The highest BCUT2D eigenvalue weighted by atomic mass is 16.2. The molecule has 2 fully saturated rings. The molecule has 2 aliphatic rings. The van der Waals surface area contributed by atoms with Gasteiger partial charge in [-0.1, -0.05) is 0 Å². The summed E-state index contributed by atoms with van der Waals surface area (Å²) in [6, 6.07) is 0.545. The molecule has 1 saturated heterocycles. The summed E-state index contributed by atoms with van der Waals surface area (Å²) in [5, 5.41) is 0. The van der Waals surface area contributed by atoms with Gasteiger partial charge in [-0.15, -0.1) is 0 Å². The lowest BCUT2D eigenvalue weighted by Gasteiger charge is -2.26. The predicted molar refractivity (Wildman–Crippen MR) is 67.7 cm³/mol. The van der Waals surface area contributed by atoms with Crippen molar-refractivity contribution in [2.45, 2.75) is 38.1 Å². The van der Waals surface area contributed by atoms with E-state index in [2.05, 4.69) is 4.99 Å². The van der Waals surface area contributed by atoms with E-state index in [1.54, 1.807) is 0 Å². The molecule has 0 unspecified atom stereocenters. The first-order chi connectivity index (χ1) is 8.18. The zero-order valence-corrected chi connectivity index (χ0v) is 10.6. The van der Waals surface area contributed by atoms with Gasteiger partial charge in [-0.05, 0) is 32.1 Å². The first-order valence-corrected chi connectivity index (χ1v) is 6.49. The second kappa shape index (κ2) is 5.38. The average Bonchev–Trinajstić information content (AvgIpc) is 3.20. The summed E-state index contributed by atoms with van der Waals surface area (Å²) in [6.45, 7) is 1.96. The Morgan fingerprint density at radius 3 is 2.59 bits per heavy atom. The van der Waals surface area contributed by atoms with Crippen molar-refractivity contribution in [1.82, 2.24) is 9.80 Å². The maximum absolute atomic E-state index is 11.9. The summed E-state index contributed by atoms with van der Waals surface area (Å²) >= 11 is 0. The first kappa shape index (κ1) is 12.2. The van der Waals surface area contributed by atoms with Crippen LogP contribution in [0.25, 0.3) is 0 Å². The van der Waals surface area contributed by atoms with E-state index in [0.717, 1.165) is 25.9 Å². The summed E-state index contributed by atoms with van der Waals surface area (Å²) in [6.07, 6.45) is 5.85. The van der Waals surface area contributed by atoms with Crippen LogP contribution in [0.4, 0.5) is 0 Å². The number of hydrogen-bond acceptors (Lipinski definition) is 2. The Bertz CT molecular complexity index is 306. The van der Waals surface area contributed by atoms with E-state index in [0.29, 0.717) is 12.0 Å². The van der Waals surface area contributed by atoms with Crippen molar-refractivity contribution >= 4 is 11.9 Å². The lowest BCUT2D eigenvalue weighted by atomic mass is 10.1. The number of aliphatic imine (C=N–C) groups is 1. The second-order valence-electron chi connectivity index (χ2n) is 4.96. The van der Waals surface area contributed by atoms with Crippen molar-refractivity contribution in [3.63, 3.8) is 0 Å². The summed E-state index contributed by atoms with van der Waals surface area (Å²) in [5.74, 6) is 0.606. The molecule has 1 amide bonds. The van der Waals surface area contributed by atoms with Crippen molar-refractivity contribution in [2.24, 2.45) is 10.7 Å². The minimum atomic E-state index is 0.108. The van der Waals surface area contributed by atoms with E-state index in [-0.39, 0.29) is 12.5 Å². The Morgan fingerprint density at radius 1 is 1.35 bits per heavy atom. The molecule has 2 N–H and O–H groups in total. The molecule has 0 aromatic rings. The maximum atomic E-state index is 11.9. The minimum Gasteiger partial charge on any atom is -0.370 e. The highest BCUT2D eigenvalue weighted by molar-refractivity contribution is 5.84. The van der Waals surface area contributed by atoms with Gasteiger partial charge in [-0.3, -0.25) is 4.79 Å². The quantitative estimate of drug-likeness (QED) is 0.572. The van der Waals surface area contributed by atoms with Crippen LogP contribution in [-0.2, 0) is 4.79 Å². The Balaban J connectivity index is 1.79. The van der Waals surface area contributed by atoms with Gasteiger partial charge in [-0.25, -0.2) is 4.99 Å². The van der Waals surface area contributed by atoms with Gasteiger partial charge in [-0.2, -0.15) is 0 Å². The van der Waals surface area contributed by atoms with E-state index in [1.807, 2.05) is 16.8 Å². The van der Waals surface area contributed by atoms with Crippen LogP contribution in [0.3, 0.4) is 0 Å². The first-order valence-electron chi connectivity index (χ1n) is 6.49. The highest BCUT2D eigenvalue weighted by Gasteiger charge is 2.27. The topological polar surface area (TPSA) is 61.9 Å². The van der Waals surface area contributed by atoms with Gasteiger partial charge in [0.25, 0.3) is 0 Å². The van der Waals surface area contributed by atoms with Crippen molar-refractivity contribution in [3.8, 4) is 0 Å². The van der Waals surface area contributed by atoms with Crippen molar-refractivity contribution in [3.05, 3.63) is 0 Å². The molecule has 5 heteroatoms. The molecule has 17 heavy (non-hydrogen) atoms. The standard InChI is InChI=1S/C12H22N4O/c1-15(10-5-6-10)12(13)14-9-11(17)16-7-3-2-4-8-16/h10H,2-9H2,1H3,(H2,13,14). The Kier molecular flexibility index (Phi) is 3.86. The minimum absolute atomic E-state index is 0.108. The molecule has 0 aromatic carbocycles. The number of rotatable bonds is 3. The average molecular weight is 238 g/mol. The van der Waals surface area contributed by atoms with Gasteiger partial charge in [0.05, 0.1) is 0 Å². The fourth-order valence-corrected chi connectivity index (χ4v) is 2.15. The molecule has 2 rings (SSSR count).